The monoisotopic (exact) mass is 386 g/mol. The Morgan fingerprint density at radius 2 is 1.67 bits per heavy atom. The molecule has 0 saturated carbocycles. The van der Waals surface area contributed by atoms with Crippen LogP contribution in [0.4, 0.5) is 5.69 Å². The summed E-state index contributed by atoms with van der Waals surface area (Å²) in [6, 6.07) is 11.1. The zero-order valence-corrected chi connectivity index (χ0v) is 17.0. The van der Waals surface area contributed by atoms with Crippen molar-refractivity contribution >= 4 is 28.9 Å². The van der Waals surface area contributed by atoms with Crippen LogP contribution in [0.1, 0.15) is 34.0 Å². The molecular formula is C21H26N2O3S. The van der Waals surface area contributed by atoms with Crippen molar-refractivity contribution in [1.82, 2.24) is 5.32 Å². The lowest BCUT2D eigenvalue weighted by molar-refractivity contribution is 0.0977. The van der Waals surface area contributed by atoms with Gasteiger partial charge in [-0.05, 0) is 75.3 Å². The van der Waals surface area contributed by atoms with Crippen LogP contribution in [0.25, 0.3) is 0 Å². The smallest absolute Gasteiger partial charge is 0.257 e. The number of aryl methyl sites for hydroxylation is 3. The van der Waals surface area contributed by atoms with Crippen molar-refractivity contribution in [3.05, 3.63) is 58.7 Å². The Hall–Kier alpha value is -2.44. The van der Waals surface area contributed by atoms with Crippen molar-refractivity contribution < 1.29 is 14.3 Å². The molecule has 144 valence electrons. The standard InChI is InChI=1S/C21H26N2O3S/c1-5-25-10-11-26-18-8-6-17(7-9-18)20(24)23-21(27)22-19-15(3)12-14(2)13-16(19)4/h6-9,12-13H,5,10-11H2,1-4H3,(H2,22,23,24,27). The molecule has 0 bridgehead atoms. The number of nitrogens with one attached hydrogen (secondary N) is 2. The maximum absolute atomic E-state index is 12.4. The summed E-state index contributed by atoms with van der Waals surface area (Å²) in [7, 11) is 0. The van der Waals surface area contributed by atoms with Crippen molar-refractivity contribution in [1.29, 1.82) is 0 Å². The Balaban J connectivity index is 1.92. The van der Waals surface area contributed by atoms with Crippen molar-refractivity contribution in [3.63, 3.8) is 0 Å². The van der Waals surface area contributed by atoms with E-state index in [2.05, 4.69) is 22.8 Å². The number of hydrogen-bond acceptors (Lipinski definition) is 4. The highest BCUT2D eigenvalue weighted by molar-refractivity contribution is 7.80. The molecular weight excluding hydrogens is 360 g/mol. The van der Waals surface area contributed by atoms with E-state index in [1.54, 1.807) is 24.3 Å². The van der Waals surface area contributed by atoms with Gasteiger partial charge in [0.15, 0.2) is 5.11 Å². The molecule has 1 amide bonds. The fourth-order valence-electron chi connectivity index (χ4n) is 2.76. The highest BCUT2D eigenvalue weighted by Gasteiger charge is 2.10. The molecule has 5 nitrogen and oxygen atoms in total. The average Bonchev–Trinajstić information content (AvgIpc) is 2.62. The van der Waals surface area contributed by atoms with Crippen LogP contribution in [0.3, 0.4) is 0 Å². The predicted molar refractivity (Wildman–Crippen MR) is 113 cm³/mol. The number of amides is 1. The number of carbonyl (C=O) groups is 1. The first-order valence-electron chi connectivity index (χ1n) is 8.91. The minimum atomic E-state index is -0.268. The van der Waals surface area contributed by atoms with E-state index in [1.807, 2.05) is 27.7 Å². The minimum absolute atomic E-state index is 0.268. The number of hydrogen-bond donors (Lipinski definition) is 2. The molecule has 2 aromatic rings. The summed E-state index contributed by atoms with van der Waals surface area (Å²) in [5, 5.41) is 6.10. The third kappa shape index (κ3) is 6.34. The lowest BCUT2D eigenvalue weighted by Gasteiger charge is -2.15. The lowest BCUT2D eigenvalue weighted by Crippen LogP contribution is -2.34. The molecule has 6 heteroatoms. The quantitative estimate of drug-likeness (QED) is 0.553. The second kappa shape index (κ2) is 10.0. The first-order valence-corrected chi connectivity index (χ1v) is 9.32. The molecule has 2 N–H and O–H groups in total. The number of anilines is 1. The minimum Gasteiger partial charge on any atom is -0.491 e. The first-order chi connectivity index (χ1) is 12.9. The first kappa shape index (κ1) is 20.9. The molecule has 2 rings (SSSR count). The second-order valence-corrected chi connectivity index (χ2v) is 6.66. The molecule has 0 atom stereocenters. The van der Waals surface area contributed by atoms with Crippen molar-refractivity contribution in [2.75, 3.05) is 25.1 Å². The number of rotatable bonds is 7. The average molecular weight is 387 g/mol. The predicted octanol–water partition coefficient (Wildman–Crippen LogP) is 4.15. The second-order valence-electron chi connectivity index (χ2n) is 6.25. The molecule has 0 aliphatic rings. The summed E-state index contributed by atoms with van der Waals surface area (Å²) >= 11 is 5.29. The highest BCUT2D eigenvalue weighted by Crippen LogP contribution is 2.21. The van der Waals surface area contributed by atoms with Crippen LogP contribution in [0.5, 0.6) is 5.75 Å². The Morgan fingerprint density at radius 1 is 1.04 bits per heavy atom. The summed E-state index contributed by atoms with van der Waals surface area (Å²) in [4.78, 5) is 12.4. The zero-order valence-electron chi connectivity index (χ0n) is 16.2. The maximum atomic E-state index is 12.4. The molecule has 0 aromatic heterocycles. The van der Waals surface area contributed by atoms with Gasteiger partial charge in [-0.15, -0.1) is 0 Å². The van der Waals surface area contributed by atoms with Crippen molar-refractivity contribution in [2.24, 2.45) is 0 Å². The van der Waals surface area contributed by atoms with E-state index in [-0.39, 0.29) is 11.0 Å². The molecule has 0 heterocycles. The van der Waals surface area contributed by atoms with Crippen molar-refractivity contribution in [3.8, 4) is 5.75 Å². The molecule has 0 radical (unpaired) electrons. The molecule has 0 aliphatic heterocycles. The summed E-state index contributed by atoms with van der Waals surface area (Å²) in [6.07, 6.45) is 0. The van der Waals surface area contributed by atoms with E-state index in [9.17, 15) is 4.79 Å². The summed E-state index contributed by atoms with van der Waals surface area (Å²) in [6.45, 7) is 9.69. The summed E-state index contributed by atoms with van der Waals surface area (Å²) in [5.74, 6) is 0.425. The van der Waals surface area contributed by atoms with Gasteiger partial charge in [-0.3, -0.25) is 10.1 Å². The van der Waals surface area contributed by atoms with Gasteiger partial charge in [0, 0.05) is 17.9 Å². The van der Waals surface area contributed by atoms with Gasteiger partial charge in [0.1, 0.15) is 12.4 Å². The van der Waals surface area contributed by atoms with Gasteiger partial charge in [0.2, 0.25) is 0 Å². The molecule has 0 fully saturated rings. The van der Waals surface area contributed by atoms with E-state index in [1.165, 1.54) is 5.56 Å². The maximum Gasteiger partial charge on any atom is 0.257 e. The Labute approximate surface area is 166 Å². The number of thiocarbonyl (C=S) groups is 1. The fourth-order valence-corrected chi connectivity index (χ4v) is 2.96. The Kier molecular flexibility index (Phi) is 7.76. The molecule has 0 saturated heterocycles. The van der Waals surface area contributed by atoms with E-state index < -0.39 is 0 Å². The molecule has 0 spiro atoms. The Morgan fingerprint density at radius 3 is 2.26 bits per heavy atom. The molecule has 0 aliphatic carbocycles. The fraction of sp³-hybridized carbons (Fsp3) is 0.333. The van der Waals surface area contributed by atoms with Gasteiger partial charge >= 0.3 is 0 Å². The van der Waals surface area contributed by atoms with Gasteiger partial charge in [-0.25, -0.2) is 0 Å². The van der Waals surface area contributed by atoms with Crippen LogP contribution in [-0.4, -0.2) is 30.8 Å². The van der Waals surface area contributed by atoms with E-state index in [4.69, 9.17) is 21.7 Å². The van der Waals surface area contributed by atoms with Crippen LogP contribution < -0.4 is 15.4 Å². The number of carbonyl (C=O) groups excluding carboxylic acids is 1. The van der Waals surface area contributed by atoms with Gasteiger partial charge in [-0.1, -0.05) is 17.7 Å². The van der Waals surface area contributed by atoms with Gasteiger partial charge in [0.25, 0.3) is 5.91 Å². The summed E-state index contributed by atoms with van der Waals surface area (Å²) < 4.78 is 10.8. The van der Waals surface area contributed by atoms with Gasteiger partial charge in [-0.2, -0.15) is 0 Å². The highest BCUT2D eigenvalue weighted by atomic mass is 32.1. The van der Waals surface area contributed by atoms with Crippen LogP contribution >= 0.6 is 12.2 Å². The van der Waals surface area contributed by atoms with Crippen LogP contribution in [0.15, 0.2) is 36.4 Å². The number of ether oxygens (including phenoxy) is 2. The molecule has 27 heavy (non-hydrogen) atoms. The van der Waals surface area contributed by atoms with E-state index in [0.29, 0.717) is 31.1 Å². The number of benzene rings is 2. The molecule has 0 unspecified atom stereocenters. The van der Waals surface area contributed by atoms with E-state index >= 15 is 0 Å². The van der Waals surface area contributed by atoms with Crippen LogP contribution in [0, 0.1) is 20.8 Å². The van der Waals surface area contributed by atoms with Crippen LogP contribution in [-0.2, 0) is 4.74 Å². The SMILES string of the molecule is CCOCCOc1ccc(C(=O)NC(=S)Nc2c(C)cc(C)cc2C)cc1. The zero-order chi connectivity index (χ0) is 19.8. The van der Waals surface area contributed by atoms with Gasteiger partial charge in [0.05, 0.1) is 6.61 Å². The largest absolute Gasteiger partial charge is 0.491 e. The van der Waals surface area contributed by atoms with Crippen LogP contribution in [0.2, 0.25) is 0 Å². The molecule has 2 aromatic carbocycles. The summed E-state index contributed by atoms with van der Waals surface area (Å²) in [5.41, 5.74) is 4.78. The normalized spacial score (nSPS) is 10.4. The van der Waals surface area contributed by atoms with Gasteiger partial charge < -0.3 is 14.8 Å². The topological polar surface area (TPSA) is 59.6 Å². The third-order valence-corrected chi connectivity index (χ3v) is 4.16. The Bertz CT molecular complexity index is 781. The van der Waals surface area contributed by atoms with Crippen molar-refractivity contribution in [2.45, 2.75) is 27.7 Å². The lowest BCUT2D eigenvalue weighted by atomic mass is 10.1. The third-order valence-electron chi connectivity index (χ3n) is 3.96. The van der Waals surface area contributed by atoms with E-state index in [0.717, 1.165) is 16.8 Å².